The molecule has 5 nitrogen and oxygen atoms in total. The van der Waals surface area contributed by atoms with E-state index in [1.807, 2.05) is 4.90 Å². The van der Waals surface area contributed by atoms with Gasteiger partial charge in [0.15, 0.2) is 0 Å². The lowest BCUT2D eigenvalue weighted by Crippen LogP contribution is -2.47. The highest BCUT2D eigenvalue weighted by Crippen LogP contribution is 2.37. The maximum atomic E-state index is 13.2. The van der Waals surface area contributed by atoms with E-state index in [2.05, 4.69) is 18.4 Å². The molecule has 1 fully saturated rings. The largest absolute Gasteiger partial charge is 0.335 e. The molecule has 0 spiro atoms. The van der Waals surface area contributed by atoms with Crippen LogP contribution in [-0.4, -0.2) is 43.2 Å². The van der Waals surface area contributed by atoms with Crippen molar-refractivity contribution in [1.82, 2.24) is 9.21 Å². The van der Waals surface area contributed by atoms with Gasteiger partial charge < -0.3 is 4.90 Å². The fourth-order valence-corrected chi connectivity index (χ4v) is 6.83. The Morgan fingerprint density at radius 2 is 1.83 bits per heavy atom. The minimum atomic E-state index is -3.66. The molecule has 156 valence electrons. The van der Waals surface area contributed by atoms with Crippen LogP contribution in [0.2, 0.25) is 0 Å². The van der Waals surface area contributed by atoms with Crippen molar-refractivity contribution < 1.29 is 17.6 Å². The van der Waals surface area contributed by atoms with Crippen LogP contribution in [0, 0.1) is 11.7 Å². The van der Waals surface area contributed by atoms with E-state index in [0.29, 0.717) is 25.9 Å². The zero-order chi connectivity index (χ0) is 20.6. The minimum Gasteiger partial charge on any atom is -0.335 e. The van der Waals surface area contributed by atoms with Gasteiger partial charge in [-0.25, -0.2) is 12.8 Å². The third-order valence-electron chi connectivity index (χ3n) is 6.02. The molecule has 0 saturated carbocycles. The molecule has 2 aliphatic heterocycles. The lowest BCUT2D eigenvalue weighted by molar-refractivity contribution is -0.139. The molecule has 1 amide bonds. The van der Waals surface area contributed by atoms with Crippen LogP contribution in [0.1, 0.15) is 42.7 Å². The molecule has 0 unspecified atom stereocenters. The fraction of sp³-hybridized carbons (Fsp3) is 0.476. The molecule has 0 N–H and O–H groups in total. The van der Waals surface area contributed by atoms with Crippen LogP contribution in [0.4, 0.5) is 4.39 Å². The van der Waals surface area contributed by atoms with E-state index in [9.17, 15) is 17.6 Å². The summed E-state index contributed by atoms with van der Waals surface area (Å²) in [5, 5.41) is 2.10. The van der Waals surface area contributed by atoms with Gasteiger partial charge in [0.25, 0.3) is 0 Å². The van der Waals surface area contributed by atoms with Crippen molar-refractivity contribution in [2.24, 2.45) is 5.92 Å². The molecule has 1 saturated heterocycles. The Morgan fingerprint density at radius 1 is 1.14 bits per heavy atom. The van der Waals surface area contributed by atoms with Gasteiger partial charge in [-0.05, 0) is 67.0 Å². The number of benzene rings is 1. The van der Waals surface area contributed by atoms with E-state index < -0.39 is 15.8 Å². The highest BCUT2D eigenvalue weighted by atomic mass is 32.2. The van der Waals surface area contributed by atoms with Crippen molar-refractivity contribution in [2.75, 3.05) is 19.6 Å². The lowest BCUT2D eigenvalue weighted by atomic mass is 9.92. The van der Waals surface area contributed by atoms with Gasteiger partial charge in [-0.3, -0.25) is 4.79 Å². The zero-order valence-corrected chi connectivity index (χ0v) is 18.0. The van der Waals surface area contributed by atoms with Crippen LogP contribution >= 0.6 is 11.3 Å². The van der Waals surface area contributed by atoms with Gasteiger partial charge in [0.1, 0.15) is 5.82 Å². The molecule has 0 bridgehead atoms. The average molecular weight is 437 g/mol. The van der Waals surface area contributed by atoms with Crippen LogP contribution in [0.5, 0.6) is 0 Å². The minimum absolute atomic E-state index is 0.0933. The number of fused-ring (bicyclic) bond motifs is 1. The summed E-state index contributed by atoms with van der Waals surface area (Å²) in [6, 6.07) is 7.15. The van der Waals surface area contributed by atoms with Crippen molar-refractivity contribution in [1.29, 1.82) is 0 Å². The number of nitrogens with zero attached hydrogens (tertiary/aromatic N) is 2. The van der Waals surface area contributed by atoms with E-state index in [1.165, 1.54) is 26.9 Å². The summed E-state index contributed by atoms with van der Waals surface area (Å²) in [7, 11) is -3.66. The molecule has 1 aromatic heterocycles. The Balaban J connectivity index is 1.43. The number of amides is 1. The molecule has 29 heavy (non-hydrogen) atoms. The molecule has 3 heterocycles. The first-order chi connectivity index (χ1) is 13.9. The van der Waals surface area contributed by atoms with E-state index >= 15 is 0 Å². The Bertz CT molecular complexity index is 980. The van der Waals surface area contributed by atoms with Gasteiger partial charge in [0.05, 0.1) is 10.9 Å². The van der Waals surface area contributed by atoms with Gasteiger partial charge in [0.2, 0.25) is 15.9 Å². The average Bonchev–Trinajstić information content (AvgIpc) is 3.22. The Kier molecular flexibility index (Phi) is 5.77. The molecule has 8 heteroatoms. The summed E-state index contributed by atoms with van der Waals surface area (Å²) in [6.45, 7) is 3.46. The second-order valence-corrected chi connectivity index (χ2v) is 10.6. The zero-order valence-electron chi connectivity index (χ0n) is 16.4. The number of carbonyl (C=O) groups excluding carboxylic acids is 1. The van der Waals surface area contributed by atoms with Crippen LogP contribution < -0.4 is 0 Å². The number of halogens is 1. The summed E-state index contributed by atoms with van der Waals surface area (Å²) in [4.78, 5) is 16.7. The van der Waals surface area contributed by atoms with E-state index in [-0.39, 0.29) is 22.8 Å². The topological polar surface area (TPSA) is 57.7 Å². The molecule has 1 aromatic carbocycles. The van der Waals surface area contributed by atoms with Crippen molar-refractivity contribution >= 4 is 27.3 Å². The van der Waals surface area contributed by atoms with E-state index in [4.69, 9.17) is 0 Å². The van der Waals surface area contributed by atoms with Crippen LogP contribution in [0.3, 0.4) is 0 Å². The van der Waals surface area contributed by atoms with Crippen LogP contribution in [0.15, 0.2) is 40.6 Å². The predicted molar refractivity (Wildman–Crippen MR) is 111 cm³/mol. The molecular formula is C21H25FN2O3S2. The number of sulfonamides is 1. The first-order valence-electron chi connectivity index (χ1n) is 10.0. The first kappa shape index (κ1) is 20.5. The summed E-state index contributed by atoms with van der Waals surface area (Å²) in [5.41, 5.74) is 1.27. The molecule has 0 radical (unpaired) electrons. The summed E-state index contributed by atoms with van der Waals surface area (Å²) in [6.07, 6.45) is 2.81. The predicted octanol–water partition coefficient (Wildman–Crippen LogP) is 3.82. The second-order valence-electron chi connectivity index (χ2n) is 7.64. The SMILES string of the molecule is CC[C@H]1c2ccsc2CCN1C(=O)C1CCN(S(=O)(=O)c2ccc(F)cc2)CC1. The third kappa shape index (κ3) is 3.85. The highest BCUT2D eigenvalue weighted by molar-refractivity contribution is 7.89. The summed E-state index contributed by atoms with van der Waals surface area (Å²) in [5.74, 6) is -0.467. The first-order valence-corrected chi connectivity index (χ1v) is 12.4. The summed E-state index contributed by atoms with van der Waals surface area (Å²) < 4.78 is 40.1. The number of piperidine rings is 1. The number of carbonyl (C=O) groups is 1. The van der Waals surface area contributed by atoms with E-state index in [0.717, 1.165) is 31.5 Å². The monoisotopic (exact) mass is 436 g/mol. The van der Waals surface area contributed by atoms with Gasteiger partial charge in [-0.15, -0.1) is 11.3 Å². The van der Waals surface area contributed by atoms with Gasteiger partial charge in [-0.2, -0.15) is 4.31 Å². The van der Waals surface area contributed by atoms with Gasteiger partial charge >= 0.3 is 0 Å². The summed E-state index contributed by atoms with van der Waals surface area (Å²) >= 11 is 1.76. The van der Waals surface area contributed by atoms with E-state index in [1.54, 1.807) is 11.3 Å². The second kappa shape index (κ2) is 8.16. The number of thiophene rings is 1. The molecule has 2 aromatic rings. The fourth-order valence-electron chi connectivity index (χ4n) is 4.43. The Labute approximate surface area is 175 Å². The Hall–Kier alpha value is -1.77. The quantitative estimate of drug-likeness (QED) is 0.732. The van der Waals surface area contributed by atoms with Gasteiger partial charge in [0, 0.05) is 30.4 Å². The van der Waals surface area contributed by atoms with Crippen molar-refractivity contribution in [3.05, 3.63) is 52.0 Å². The molecule has 2 aliphatic rings. The number of hydrogen-bond acceptors (Lipinski definition) is 4. The van der Waals surface area contributed by atoms with Crippen molar-refractivity contribution in [2.45, 2.75) is 43.5 Å². The molecule has 0 aliphatic carbocycles. The normalized spacial score (nSPS) is 21.2. The molecular weight excluding hydrogens is 411 g/mol. The Morgan fingerprint density at radius 3 is 2.48 bits per heavy atom. The van der Waals surface area contributed by atoms with Crippen molar-refractivity contribution in [3.63, 3.8) is 0 Å². The maximum absolute atomic E-state index is 13.2. The molecule has 1 atom stereocenters. The smallest absolute Gasteiger partial charge is 0.243 e. The lowest BCUT2D eigenvalue weighted by Gasteiger charge is -2.39. The number of rotatable bonds is 4. The van der Waals surface area contributed by atoms with Crippen LogP contribution in [0.25, 0.3) is 0 Å². The highest BCUT2D eigenvalue weighted by Gasteiger charge is 2.37. The number of hydrogen-bond donors (Lipinski definition) is 0. The standard InChI is InChI=1S/C21H25FN2O3S2/c1-2-19-18-10-14-28-20(18)9-13-24(19)21(25)15-7-11-23(12-8-15)29(26,27)17-5-3-16(22)4-6-17/h3-6,10,14-15,19H,2,7-9,11-13H2,1H3/t19-/m0/s1. The third-order valence-corrected chi connectivity index (χ3v) is 8.93. The maximum Gasteiger partial charge on any atom is 0.243 e. The van der Waals surface area contributed by atoms with Crippen LogP contribution in [-0.2, 0) is 21.2 Å². The van der Waals surface area contributed by atoms with Crippen molar-refractivity contribution in [3.8, 4) is 0 Å². The molecule has 4 rings (SSSR count). The van der Waals surface area contributed by atoms with Gasteiger partial charge in [-0.1, -0.05) is 6.92 Å².